The van der Waals surface area contributed by atoms with E-state index in [2.05, 4.69) is 0 Å². The number of hydrogen-bond acceptors (Lipinski definition) is 2. The molecule has 3 heteroatoms. The number of benzene rings is 1. The Labute approximate surface area is 82.9 Å². The summed E-state index contributed by atoms with van der Waals surface area (Å²) < 4.78 is 16.9. The summed E-state index contributed by atoms with van der Waals surface area (Å²) in [5.41, 5.74) is 7.06. The molecule has 0 radical (unpaired) electrons. The lowest BCUT2D eigenvalue weighted by Gasteiger charge is -2.10. The third-order valence-electron chi connectivity index (χ3n) is 2.56. The molecule has 0 aromatic heterocycles. The van der Waals surface area contributed by atoms with Crippen LogP contribution in [-0.4, -0.2) is 13.3 Å². The average Bonchev–Trinajstić information content (AvgIpc) is 2.96. The Morgan fingerprint density at radius 2 is 1.93 bits per heavy atom. The van der Waals surface area contributed by atoms with Gasteiger partial charge in [0.05, 0.1) is 0 Å². The number of ether oxygens (including phenoxy) is 1. The Morgan fingerprint density at radius 1 is 1.29 bits per heavy atom. The molecule has 0 unspecified atom stereocenters. The zero-order valence-corrected chi connectivity index (χ0v) is 8.00. The van der Waals surface area contributed by atoms with E-state index < -0.39 is 6.67 Å². The quantitative estimate of drug-likeness (QED) is 0.797. The van der Waals surface area contributed by atoms with Crippen molar-refractivity contribution in [2.45, 2.75) is 18.4 Å². The van der Waals surface area contributed by atoms with Crippen molar-refractivity contribution in [2.75, 3.05) is 13.3 Å². The minimum atomic E-state index is -0.456. The topological polar surface area (TPSA) is 35.2 Å². The van der Waals surface area contributed by atoms with Gasteiger partial charge in [-0.3, -0.25) is 0 Å². The van der Waals surface area contributed by atoms with E-state index in [-0.39, 0.29) is 12.1 Å². The largest absolute Gasteiger partial charge is 0.491 e. The van der Waals surface area contributed by atoms with Gasteiger partial charge in [-0.05, 0) is 30.5 Å². The Bertz CT molecular complexity index is 306. The van der Waals surface area contributed by atoms with Crippen LogP contribution < -0.4 is 10.5 Å². The zero-order chi connectivity index (χ0) is 10.0. The molecular weight excluding hydrogens is 181 g/mol. The van der Waals surface area contributed by atoms with Crippen molar-refractivity contribution in [3.63, 3.8) is 0 Å². The molecule has 2 N–H and O–H groups in total. The van der Waals surface area contributed by atoms with Gasteiger partial charge in [0, 0.05) is 5.54 Å². The van der Waals surface area contributed by atoms with Crippen LogP contribution in [0.5, 0.6) is 5.75 Å². The molecule has 0 spiro atoms. The predicted molar refractivity (Wildman–Crippen MR) is 53.0 cm³/mol. The van der Waals surface area contributed by atoms with E-state index in [0.29, 0.717) is 5.75 Å². The van der Waals surface area contributed by atoms with Crippen molar-refractivity contribution in [3.05, 3.63) is 29.8 Å². The first-order valence-corrected chi connectivity index (χ1v) is 4.83. The number of rotatable bonds is 4. The molecule has 1 aromatic rings. The Kier molecular flexibility index (Phi) is 2.42. The summed E-state index contributed by atoms with van der Waals surface area (Å²) in [4.78, 5) is 0. The third-order valence-corrected chi connectivity index (χ3v) is 2.56. The Morgan fingerprint density at radius 3 is 2.43 bits per heavy atom. The van der Waals surface area contributed by atoms with E-state index in [4.69, 9.17) is 10.5 Å². The van der Waals surface area contributed by atoms with Crippen molar-refractivity contribution >= 4 is 0 Å². The summed E-state index contributed by atoms with van der Waals surface area (Å²) in [5.74, 6) is 0.704. The van der Waals surface area contributed by atoms with Crippen molar-refractivity contribution in [1.82, 2.24) is 0 Å². The van der Waals surface area contributed by atoms with E-state index in [1.54, 1.807) is 0 Å². The van der Waals surface area contributed by atoms with E-state index in [9.17, 15) is 4.39 Å². The minimum absolute atomic E-state index is 0.0986. The molecule has 14 heavy (non-hydrogen) atoms. The fourth-order valence-electron chi connectivity index (χ4n) is 1.46. The number of alkyl halides is 1. The second kappa shape index (κ2) is 3.58. The smallest absolute Gasteiger partial charge is 0.123 e. The number of halogens is 1. The molecule has 0 bridgehead atoms. The highest BCUT2D eigenvalue weighted by Gasteiger charge is 2.39. The van der Waals surface area contributed by atoms with Crippen molar-refractivity contribution in [3.8, 4) is 5.75 Å². The number of nitrogens with two attached hydrogens (primary N) is 1. The monoisotopic (exact) mass is 195 g/mol. The maximum Gasteiger partial charge on any atom is 0.123 e. The lowest BCUT2D eigenvalue weighted by Crippen LogP contribution is -2.18. The summed E-state index contributed by atoms with van der Waals surface area (Å²) in [6, 6.07) is 7.61. The van der Waals surface area contributed by atoms with Crippen LogP contribution in [-0.2, 0) is 5.54 Å². The van der Waals surface area contributed by atoms with Gasteiger partial charge in [-0.25, -0.2) is 4.39 Å². The van der Waals surface area contributed by atoms with Crippen LogP contribution in [0.2, 0.25) is 0 Å². The molecule has 0 aliphatic heterocycles. The highest BCUT2D eigenvalue weighted by molar-refractivity contribution is 5.34. The minimum Gasteiger partial charge on any atom is -0.491 e. The lowest BCUT2D eigenvalue weighted by molar-refractivity contribution is 0.273. The number of hydrogen-bond donors (Lipinski definition) is 1. The van der Waals surface area contributed by atoms with Crippen LogP contribution in [0.4, 0.5) is 4.39 Å². The van der Waals surface area contributed by atoms with E-state index in [1.165, 1.54) is 0 Å². The molecule has 0 heterocycles. The summed E-state index contributed by atoms with van der Waals surface area (Å²) in [5, 5.41) is 0. The predicted octanol–water partition coefficient (Wildman–Crippen LogP) is 1.98. The molecule has 0 saturated heterocycles. The molecule has 0 amide bonds. The Hall–Kier alpha value is -1.09. The van der Waals surface area contributed by atoms with Gasteiger partial charge in [0.25, 0.3) is 0 Å². The molecule has 1 aliphatic carbocycles. The van der Waals surface area contributed by atoms with Crippen LogP contribution in [0.3, 0.4) is 0 Å². The zero-order valence-electron chi connectivity index (χ0n) is 8.00. The van der Waals surface area contributed by atoms with Crippen LogP contribution in [0, 0.1) is 0 Å². The molecule has 1 saturated carbocycles. The molecule has 1 aliphatic rings. The van der Waals surface area contributed by atoms with Crippen LogP contribution >= 0.6 is 0 Å². The fourth-order valence-corrected chi connectivity index (χ4v) is 1.46. The summed E-state index contributed by atoms with van der Waals surface area (Å²) in [6.45, 7) is -0.338. The molecule has 1 fully saturated rings. The summed E-state index contributed by atoms with van der Waals surface area (Å²) >= 11 is 0. The van der Waals surface area contributed by atoms with Crippen molar-refractivity contribution < 1.29 is 9.13 Å². The second-order valence-electron chi connectivity index (χ2n) is 3.72. The standard InChI is InChI=1S/C11H14FNO/c12-7-8-14-10-3-1-9(2-4-10)11(13)5-6-11/h1-4H,5-8,13H2. The van der Waals surface area contributed by atoms with Gasteiger partial charge >= 0.3 is 0 Å². The first-order valence-electron chi connectivity index (χ1n) is 4.83. The maximum absolute atomic E-state index is 11.8. The van der Waals surface area contributed by atoms with E-state index in [0.717, 1.165) is 18.4 Å². The molecule has 1 aromatic carbocycles. The van der Waals surface area contributed by atoms with Crippen LogP contribution in [0.25, 0.3) is 0 Å². The maximum atomic E-state index is 11.8. The summed E-state index contributed by atoms with van der Waals surface area (Å²) in [7, 11) is 0. The molecule has 2 nitrogen and oxygen atoms in total. The molecular formula is C11H14FNO. The Balaban J connectivity index is 2.03. The van der Waals surface area contributed by atoms with Gasteiger partial charge < -0.3 is 10.5 Å². The third kappa shape index (κ3) is 1.87. The fraction of sp³-hybridized carbons (Fsp3) is 0.455. The van der Waals surface area contributed by atoms with Gasteiger partial charge in [-0.15, -0.1) is 0 Å². The summed E-state index contributed by atoms with van der Waals surface area (Å²) in [6.07, 6.45) is 2.11. The van der Waals surface area contributed by atoms with Gasteiger partial charge in [0.15, 0.2) is 0 Å². The van der Waals surface area contributed by atoms with Crippen LogP contribution in [0.1, 0.15) is 18.4 Å². The van der Waals surface area contributed by atoms with Gasteiger partial charge in [-0.1, -0.05) is 12.1 Å². The van der Waals surface area contributed by atoms with Gasteiger partial charge in [0.1, 0.15) is 19.0 Å². The van der Waals surface area contributed by atoms with Crippen LogP contribution in [0.15, 0.2) is 24.3 Å². The van der Waals surface area contributed by atoms with E-state index >= 15 is 0 Å². The second-order valence-corrected chi connectivity index (χ2v) is 3.72. The molecule has 76 valence electrons. The molecule has 2 rings (SSSR count). The van der Waals surface area contributed by atoms with Crippen molar-refractivity contribution in [2.24, 2.45) is 5.73 Å². The van der Waals surface area contributed by atoms with Gasteiger partial charge in [0.2, 0.25) is 0 Å². The lowest BCUT2D eigenvalue weighted by atomic mass is 10.1. The van der Waals surface area contributed by atoms with Crippen molar-refractivity contribution in [1.29, 1.82) is 0 Å². The average molecular weight is 195 g/mol. The molecule has 0 atom stereocenters. The van der Waals surface area contributed by atoms with E-state index in [1.807, 2.05) is 24.3 Å². The highest BCUT2D eigenvalue weighted by Crippen LogP contribution is 2.42. The first-order chi connectivity index (χ1) is 6.74. The normalized spacial score (nSPS) is 17.9. The van der Waals surface area contributed by atoms with Gasteiger partial charge in [-0.2, -0.15) is 0 Å². The highest BCUT2D eigenvalue weighted by atomic mass is 19.1. The first kappa shape index (κ1) is 9.46. The SMILES string of the molecule is NC1(c2ccc(OCCF)cc2)CC1.